The molecule has 0 aromatic carbocycles. The van der Waals surface area contributed by atoms with Gasteiger partial charge in [-0.2, -0.15) is 0 Å². The third-order valence-electron chi connectivity index (χ3n) is 2.89. The van der Waals surface area contributed by atoms with Crippen molar-refractivity contribution in [1.82, 2.24) is 0 Å². The van der Waals surface area contributed by atoms with Crippen LogP contribution in [-0.2, 0) is 9.47 Å². The summed E-state index contributed by atoms with van der Waals surface area (Å²) in [5.74, 6) is 1.66. The second kappa shape index (κ2) is 11.7. The number of halogens is 1. The summed E-state index contributed by atoms with van der Waals surface area (Å²) in [7, 11) is 0. The molecule has 0 radical (unpaired) electrons. The molecule has 0 heterocycles. The Morgan fingerprint density at radius 1 is 1.00 bits per heavy atom. The van der Waals surface area contributed by atoms with E-state index in [4.69, 9.17) is 9.47 Å². The van der Waals surface area contributed by atoms with Crippen LogP contribution in [0.25, 0.3) is 0 Å². The predicted octanol–water partition coefficient (Wildman–Crippen LogP) is 4.65. The van der Waals surface area contributed by atoms with Gasteiger partial charge in [-0.1, -0.05) is 43.4 Å². The van der Waals surface area contributed by atoms with Crippen LogP contribution in [-0.4, -0.2) is 23.9 Å². The Morgan fingerprint density at radius 2 is 1.71 bits per heavy atom. The van der Waals surface area contributed by atoms with Gasteiger partial charge in [0.05, 0.1) is 0 Å². The fourth-order valence-corrected chi connectivity index (χ4v) is 3.06. The molecule has 0 aliphatic heterocycles. The number of hydrogen-bond donors (Lipinski definition) is 0. The van der Waals surface area contributed by atoms with Crippen molar-refractivity contribution < 1.29 is 9.47 Å². The molecule has 0 saturated heterocycles. The fourth-order valence-electron chi connectivity index (χ4n) is 2.19. The van der Waals surface area contributed by atoms with Crippen molar-refractivity contribution >= 4 is 22.6 Å². The summed E-state index contributed by atoms with van der Waals surface area (Å²) in [6.45, 7) is 11.0. The van der Waals surface area contributed by atoms with Crippen molar-refractivity contribution in [1.29, 1.82) is 0 Å². The average Bonchev–Trinajstić information content (AvgIpc) is 2.21. The molecular formula is C14H29IO2. The molecular weight excluding hydrogens is 327 g/mol. The molecule has 0 saturated carbocycles. The Bertz CT molecular complexity index is 162. The van der Waals surface area contributed by atoms with Crippen LogP contribution < -0.4 is 0 Å². The lowest BCUT2D eigenvalue weighted by molar-refractivity contribution is -0.0508. The van der Waals surface area contributed by atoms with Crippen LogP contribution in [0.4, 0.5) is 0 Å². The Morgan fingerprint density at radius 3 is 2.29 bits per heavy atom. The molecule has 0 amide bonds. The van der Waals surface area contributed by atoms with E-state index in [0.29, 0.717) is 6.79 Å². The van der Waals surface area contributed by atoms with Gasteiger partial charge in [-0.05, 0) is 44.4 Å². The van der Waals surface area contributed by atoms with Crippen molar-refractivity contribution in [2.45, 2.75) is 57.3 Å². The molecule has 3 unspecified atom stereocenters. The van der Waals surface area contributed by atoms with Crippen LogP contribution in [0, 0.1) is 11.8 Å². The Kier molecular flexibility index (Phi) is 12.2. The highest BCUT2D eigenvalue weighted by molar-refractivity contribution is 14.1. The van der Waals surface area contributed by atoms with Crippen LogP contribution in [0.2, 0.25) is 0 Å². The van der Waals surface area contributed by atoms with Crippen LogP contribution >= 0.6 is 22.6 Å². The van der Waals surface area contributed by atoms with Gasteiger partial charge in [-0.15, -0.1) is 0 Å². The Balaban J connectivity index is 3.36. The molecule has 0 aliphatic carbocycles. The first kappa shape index (κ1) is 17.6. The number of ether oxygens (including phenoxy) is 2. The van der Waals surface area contributed by atoms with E-state index in [1.807, 2.05) is 6.92 Å². The van der Waals surface area contributed by atoms with E-state index in [2.05, 4.69) is 43.4 Å². The summed E-state index contributed by atoms with van der Waals surface area (Å²) in [5, 5.41) is 0. The van der Waals surface area contributed by atoms with Gasteiger partial charge in [0.2, 0.25) is 0 Å². The van der Waals surface area contributed by atoms with Gasteiger partial charge in [-0.3, -0.25) is 0 Å². The zero-order chi connectivity index (χ0) is 13.1. The maximum absolute atomic E-state index is 5.37. The second-order valence-corrected chi connectivity index (χ2v) is 7.25. The lowest BCUT2D eigenvalue weighted by atomic mass is 9.91. The zero-order valence-electron chi connectivity index (χ0n) is 11.9. The Labute approximate surface area is 121 Å². The standard InChI is InChI=1S/C14H29IO2/c1-5-16-11-17-8-6-7-12(2)9-13(3)10-14(4)15/h12-14H,5-11H2,1-4H3. The predicted molar refractivity (Wildman–Crippen MR) is 82.7 cm³/mol. The summed E-state index contributed by atoms with van der Waals surface area (Å²) in [5.41, 5.74) is 0. The SMILES string of the molecule is CCOCOCCCC(C)CC(C)CC(C)I. The van der Waals surface area contributed by atoms with Crippen LogP contribution in [0.1, 0.15) is 53.4 Å². The van der Waals surface area contributed by atoms with Gasteiger partial charge in [0.15, 0.2) is 0 Å². The first-order valence-corrected chi connectivity index (χ1v) is 8.10. The average molecular weight is 356 g/mol. The third kappa shape index (κ3) is 12.9. The minimum Gasteiger partial charge on any atom is -0.356 e. The van der Waals surface area contributed by atoms with E-state index in [0.717, 1.165) is 35.4 Å². The first-order chi connectivity index (χ1) is 8.06. The summed E-state index contributed by atoms with van der Waals surface area (Å²) in [4.78, 5) is 0. The van der Waals surface area contributed by atoms with Crippen molar-refractivity contribution in [3.05, 3.63) is 0 Å². The summed E-state index contributed by atoms with van der Waals surface area (Å²) in [6, 6.07) is 0. The second-order valence-electron chi connectivity index (χ2n) is 5.12. The Hall–Kier alpha value is 0.650. The van der Waals surface area contributed by atoms with E-state index in [1.54, 1.807) is 0 Å². The monoisotopic (exact) mass is 356 g/mol. The third-order valence-corrected chi connectivity index (χ3v) is 3.40. The van der Waals surface area contributed by atoms with Gasteiger partial charge >= 0.3 is 0 Å². The maximum Gasteiger partial charge on any atom is 0.146 e. The largest absolute Gasteiger partial charge is 0.356 e. The van der Waals surface area contributed by atoms with E-state index in [9.17, 15) is 0 Å². The minimum atomic E-state index is 0.452. The molecule has 0 fully saturated rings. The zero-order valence-corrected chi connectivity index (χ0v) is 14.0. The topological polar surface area (TPSA) is 18.5 Å². The van der Waals surface area contributed by atoms with Crippen molar-refractivity contribution in [3.63, 3.8) is 0 Å². The molecule has 0 N–H and O–H groups in total. The van der Waals surface area contributed by atoms with Crippen molar-refractivity contribution in [2.75, 3.05) is 20.0 Å². The quantitative estimate of drug-likeness (QED) is 0.232. The van der Waals surface area contributed by atoms with Crippen LogP contribution in [0.15, 0.2) is 0 Å². The highest BCUT2D eigenvalue weighted by atomic mass is 127. The van der Waals surface area contributed by atoms with E-state index < -0.39 is 0 Å². The molecule has 3 atom stereocenters. The van der Waals surface area contributed by atoms with E-state index >= 15 is 0 Å². The molecule has 104 valence electrons. The van der Waals surface area contributed by atoms with E-state index in [1.165, 1.54) is 19.3 Å². The number of rotatable bonds is 11. The lowest BCUT2D eigenvalue weighted by Crippen LogP contribution is -2.08. The lowest BCUT2D eigenvalue weighted by Gasteiger charge is -2.18. The maximum atomic E-state index is 5.37. The molecule has 2 nitrogen and oxygen atoms in total. The van der Waals surface area contributed by atoms with E-state index in [-0.39, 0.29) is 0 Å². The van der Waals surface area contributed by atoms with Gasteiger partial charge in [0.25, 0.3) is 0 Å². The normalized spacial score (nSPS) is 16.8. The highest BCUT2D eigenvalue weighted by Gasteiger charge is 2.10. The molecule has 3 heteroatoms. The van der Waals surface area contributed by atoms with Crippen LogP contribution in [0.5, 0.6) is 0 Å². The highest BCUT2D eigenvalue weighted by Crippen LogP contribution is 2.22. The number of alkyl halides is 1. The minimum absolute atomic E-state index is 0.452. The van der Waals surface area contributed by atoms with Gasteiger partial charge in [0.1, 0.15) is 6.79 Å². The van der Waals surface area contributed by atoms with Crippen LogP contribution in [0.3, 0.4) is 0 Å². The molecule has 0 rings (SSSR count). The summed E-state index contributed by atoms with van der Waals surface area (Å²) >= 11 is 2.52. The molecule has 0 aromatic heterocycles. The molecule has 0 aliphatic rings. The summed E-state index contributed by atoms with van der Waals surface area (Å²) in [6.07, 6.45) is 5.11. The van der Waals surface area contributed by atoms with Gasteiger partial charge in [0, 0.05) is 17.1 Å². The molecule has 0 aromatic rings. The fraction of sp³-hybridized carbons (Fsp3) is 1.00. The first-order valence-electron chi connectivity index (χ1n) is 6.85. The molecule has 0 bridgehead atoms. The molecule has 17 heavy (non-hydrogen) atoms. The van der Waals surface area contributed by atoms with Gasteiger partial charge in [-0.25, -0.2) is 0 Å². The van der Waals surface area contributed by atoms with Crippen molar-refractivity contribution in [2.24, 2.45) is 11.8 Å². The number of hydrogen-bond acceptors (Lipinski definition) is 2. The van der Waals surface area contributed by atoms with Crippen molar-refractivity contribution in [3.8, 4) is 0 Å². The van der Waals surface area contributed by atoms with Gasteiger partial charge < -0.3 is 9.47 Å². The smallest absolute Gasteiger partial charge is 0.146 e. The molecule has 0 spiro atoms. The summed E-state index contributed by atoms with van der Waals surface area (Å²) < 4.78 is 11.3.